The maximum Gasteiger partial charge on any atom is 0.131 e. The highest BCUT2D eigenvalue weighted by atomic mass is 79.9. The van der Waals surface area contributed by atoms with Gasteiger partial charge >= 0.3 is 0 Å². The van der Waals surface area contributed by atoms with E-state index in [0.29, 0.717) is 16.0 Å². The summed E-state index contributed by atoms with van der Waals surface area (Å²) in [5.74, 6) is 0.778. The lowest BCUT2D eigenvalue weighted by Gasteiger charge is -2.08. The van der Waals surface area contributed by atoms with E-state index in [9.17, 15) is 4.39 Å². The summed E-state index contributed by atoms with van der Waals surface area (Å²) in [7, 11) is 0. The highest BCUT2D eigenvalue weighted by Gasteiger charge is 2.04. The molecular weight excluding hydrogens is 431 g/mol. The highest BCUT2D eigenvalue weighted by Crippen LogP contribution is 2.30. The lowest BCUT2D eigenvalue weighted by Crippen LogP contribution is -1.88. The van der Waals surface area contributed by atoms with E-state index < -0.39 is 0 Å². The molecule has 0 atom stereocenters. The normalized spacial score (nSPS) is 10.4. The molecule has 0 unspecified atom stereocenters. The average molecular weight is 439 g/mol. The summed E-state index contributed by atoms with van der Waals surface area (Å²) in [5.41, 5.74) is 1.13. The van der Waals surface area contributed by atoms with Crippen LogP contribution in [0.2, 0.25) is 0 Å². The highest BCUT2D eigenvalue weighted by molar-refractivity contribution is 9.11. The lowest BCUT2D eigenvalue weighted by atomic mass is 10.2. The Morgan fingerprint density at radius 3 is 2.39 bits per heavy atom. The third kappa shape index (κ3) is 3.56. The summed E-state index contributed by atoms with van der Waals surface area (Å²) in [6.07, 6.45) is 0. The van der Waals surface area contributed by atoms with Crippen molar-refractivity contribution < 1.29 is 9.13 Å². The molecular formula is C13H8Br3FO. The molecule has 0 fully saturated rings. The minimum atomic E-state index is -0.337. The van der Waals surface area contributed by atoms with Gasteiger partial charge in [-0.25, -0.2) is 4.39 Å². The molecule has 94 valence electrons. The Morgan fingerprint density at radius 2 is 1.78 bits per heavy atom. The van der Waals surface area contributed by atoms with Gasteiger partial charge in [0.1, 0.15) is 17.3 Å². The fourth-order valence-corrected chi connectivity index (χ4v) is 3.23. The van der Waals surface area contributed by atoms with Gasteiger partial charge in [-0.2, -0.15) is 0 Å². The predicted molar refractivity (Wildman–Crippen MR) is 80.9 cm³/mol. The van der Waals surface area contributed by atoms with Crippen LogP contribution >= 0.6 is 47.8 Å². The van der Waals surface area contributed by atoms with Crippen molar-refractivity contribution in [2.45, 2.75) is 5.33 Å². The Kier molecular flexibility index (Phi) is 4.81. The maximum atomic E-state index is 13.2. The summed E-state index contributed by atoms with van der Waals surface area (Å²) in [5, 5.41) is 0.763. The molecule has 2 aromatic rings. The first kappa shape index (κ1) is 14.0. The molecule has 18 heavy (non-hydrogen) atoms. The molecule has 0 saturated heterocycles. The van der Waals surface area contributed by atoms with Crippen LogP contribution in [0, 0.1) is 5.82 Å². The lowest BCUT2D eigenvalue weighted by molar-refractivity contribution is 0.476. The van der Waals surface area contributed by atoms with E-state index in [1.54, 1.807) is 6.07 Å². The van der Waals surface area contributed by atoms with Crippen molar-refractivity contribution in [1.29, 1.82) is 0 Å². The summed E-state index contributed by atoms with van der Waals surface area (Å²) < 4.78 is 20.4. The molecule has 0 N–H and O–H groups in total. The zero-order chi connectivity index (χ0) is 13.1. The fraction of sp³-hybridized carbons (Fsp3) is 0.0769. The Morgan fingerprint density at radius 1 is 1.00 bits per heavy atom. The predicted octanol–water partition coefficient (Wildman–Crippen LogP) is 6.04. The summed E-state index contributed by atoms with van der Waals surface area (Å²) >= 11 is 10.1. The van der Waals surface area contributed by atoms with E-state index in [2.05, 4.69) is 47.8 Å². The molecule has 0 aliphatic carbocycles. The van der Waals surface area contributed by atoms with Crippen LogP contribution in [0.25, 0.3) is 0 Å². The molecule has 0 aliphatic rings. The molecule has 0 radical (unpaired) electrons. The van der Waals surface area contributed by atoms with Gasteiger partial charge in [-0.1, -0.05) is 53.9 Å². The van der Waals surface area contributed by atoms with Gasteiger partial charge in [0.2, 0.25) is 0 Å². The van der Waals surface area contributed by atoms with Gasteiger partial charge in [0, 0.05) is 20.3 Å². The van der Waals surface area contributed by atoms with E-state index in [1.807, 2.05) is 18.2 Å². The smallest absolute Gasteiger partial charge is 0.131 e. The van der Waals surface area contributed by atoms with Crippen LogP contribution in [0.5, 0.6) is 11.5 Å². The Balaban J connectivity index is 2.25. The van der Waals surface area contributed by atoms with E-state index in [4.69, 9.17) is 4.74 Å². The van der Waals surface area contributed by atoms with Gasteiger partial charge in [0.05, 0.1) is 0 Å². The molecule has 0 aliphatic heterocycles. The van der Waals surface area contributed by atoms with Crippen LogP contribution in [0.4, 0.5) is 4.39 Å². The molecule has 0 spiro atoms. The minimum absolute atomic E-state index is 0.337. The molecule has 2 aromatic carbocycles. The van der Waals surface area contributed by atoms with Crippen molar-refractivity contribution >= 4 is 47.8 Å². The third-order valence-electron chi connectivity index (χ3n) is 2.24. The quantitative estimate of drug-likeness (QED) is 0.531. The van der Waals surface area contributed by atoms with Crippen LogP contribution in [0.3, 0.4) is 0 Å². The Bertz CT molecular complexity index is 552. The average Bonchev–Trinajstić information content (AvgIpc) is 2.27. The van der Waals surface area contributed by atoms with Crippen molar-refractivity contribution in [3.63, 3.8) is 0 Å². The number of hydrogen-bond acceptors (Lipinski definition) is 1. The van der Waals surface area contributed by atoms with Crippen molar-refractivity contribution in [2.75, 3.05) is 0 Å². The number of alkyl halides is 1. The second-order valence-corrected chi connectivity index (χ2v) is 5.92. The SMILES string of the molecule is Fc1cc(Br)cc(Oc2ccc(CBr)c(Br)c2)c1. The molecule has 0 saturated carbocycles. The van der Waals surface area contributed by atoms with Gasteiger partial charge in [-0.15, -0.1) is 0 Å². The first-order valence-corrected chi connectivity index (χ1v) is 7.77. The monoisotopic (exact) mass is 436 g/mol. The molecule has 0 heterocycles. The standard InChI is InChI=1S/C13H8Br3FO/c14-7-8-1-2-11(6-13(8)16)18-12-4-9(15)3-10(17)5-12/h1-6H,7H2. The van der Waals surface area contributed by atoms with E-state index in [0.717, 1.165) is 15.4 Å². The van der Waals surface area contributed by atoms with Gasteiger partial charge in [-0.05, 0) is 29.8 Å². The zero-order valence-electron chi connectivity index (χ0n) is 9.09. The van der Waals surface area contributed by atoms with Gasteiger partial charge < -0.3 is 4.74 Å². The Hall–Kier alpha value is -0.390. The number of ether oxygens (including phenoxy) is 1. The molecule has 0 bridgehead atoms. The van der Waals surface area contributed by atoms with Crippen LogP contribution in [-0.2, 0) is 5.33 Å². The van der Waals surface area contributed by atoms with Crippen LogP contribution in [0.1, 0.15) is 5.56 Å². The van der Waals surface area contributed by atoms with Crippen LogP contribution < -0.4 is 4.74 Å². The van der Waals surface area contributed by atoms with E-state index >= 15 is 0 Å². The molecule has 1 nitrogen and oxygen atoms in total. The van der Waals surface area contributed by atoms with Crippen molar-refractivity contribution in [1.82, 2.24) is 0 Å². The van der Waals surface area contributed by atoms with E-state index in [1.165, 1.54) is 12.1 Å². The number of rotatable bonds is 3. The van der Waals surface area contributed by atoms with Crippen molar-refractivity contribution in [3.05, 3.63) is 56.7 Å². The van der Waals surface area contributed by atoms with Gasteiger partial charge in [-0.3, -0.25) is 0 Å². The number of halogens is 4. The molecule has 5 heteroatoms. The first-order valence-electron chi connectivity index (χ1n) is 5.07. The molecule has 2 rings (SSSR count). The molecule has 0 amide bonds. The summed E-state index contributed by atoms with van der Waals surface area (Å²) in [6, 6.07) is 10.1. The number of benzene rings is 2. The third-order valence-corrected chi connectivity index (χ3v) is 4.04. The van der Waals surface area contributed by atoms with Crippen molar-refractivity contribution in [3.8, 4) is 11.5 Å². The second kappa shape index (κ2) is 6.17. The second-order valence-electron chi connectivity index (χ2n) is 3.59. The number of hydrogen-bond donors (Lipinski definition) is 0. The zero-order valence-corrected chi connectivity index (χ0v) is 13.8. The summed E-state index contributed by atoms with van der Waals surface area (Å²) in [4.78, 5) is 0. The Labute approximate surface area is 130 Å². The summed E-state index contributed by atoms with van der Waals surface area (Å²) in [6.45, 7) is 0. The minimum Gasteiger partial charge on any atom is -0.457 e. The topological polar surface area (TPSA) is 9.23 Å². The largest absolute Gasteiger partial charge is 0.457 e. The van der Waals surface area contributed by atoms with Gasteiger partial charge in [0.25, 0.3) is 0 Å². The van der Waals surface area contributed by atoms with Crippen LogP contribution in [0.15, 0.2) is 45.3 Å². The van der Waals surface area contributed by atoms with Gasteiger partial charge in [0.15, 0.2) is 0 Å². The fourth-order valence-electron chi connectivity index (χ4n) is 1.42. The maximum absolute atomic E-state index is 13.2. The van der Waals surface area contributed by atoms with Crippen molar-refractivity contribution in [2.24, 2.45) is 0 Å². The first-order chi connectivity index (χ1) is 8.58. The molecule has 0 aromatic heterocycles. The van der Waals surface area contributed by atoms with Crippen LogP contribution in [-0.4, -0.2) is 0 Å². The van der Waals surface area contributed by atoms with E-state index in [-0.39, 0.29) is 5.82 Å².